The average molecular weight is 472 g/mol. The van der Waals surface area contributed by atoms with Crippen LogP contribution in [0.1, 0.15) is 17.3 Å². The molecule has 35 heavy (non-hydrogen) atoms. The number of hydrogen-bond acceptors (Lipinski definition) is 6. The number of hydrogen-bond donors (Lipinski definition) is 2. The number of para-hydroxylation sites is 1. The zero-order valence-corrected chi connectivity index (χ0v) is 19.8. The molecule has 0 spiro atoms. The molecular formula is C27H25N3O5. The van der Waals surface area contributed by atoms with Crippen LogP contribution in [0, 0.1) is 0 Å². The molecule has 4 rings (SSSR count). The largest absolute Gasteiger partial charge is 0.495 e. The Morgan fingerprint density at radius 3 is 2.20 bits per heavy atom. The Hall–Kier alpha value is -4.59. The molecule has 0 fully saturated rings. The minimum atomic E-state index is -0.344. The molecule has 3 aromatic carbocycles. The van der Waals surface area contributed by atoms with Crippen molar-refractivity contribution in [3.8, 4) is 28.5 Å². The Morgan fingerprint density at radius 2 is 1.49 bits per heavy atom. The normalized spacial score (nSPS) is 10.5. The minimum absolute atomic E-state index is 0.216. The van der Waals surface area contributed by atoms with Crippen molar-refractivity contribution in [1.82, 2.24) is 4.98 Å². The molecule has 0 aliphatic rings. The van der Waals surface area contributed by atoms with E-state index < -0.39 is 0 Å². The lowest BCUT2D eigenvalue weighted by atomic mass is 10.0. The topological polar surface area (TPSA) is 98.8 Å². The maximum atomic E-state index is 13.5. The predicted octanol–water partition coefficient (Wildman–Crippen LogP) is 5.14. The number of rotatable bonds is 7. The summed E-state index contributed by atoms with van der Waals surface area (Å²) in [6.45, 7) is 1.42. The number of anilines is 2. The zero-order chi connectivity index (χ0) is 24.9. The molecule has 0 saturated heterocycles. The molecule has 0 aliphatic heterocycles. The second-order valence-electron chi connectivity index (χ2n) is 7.69. The highest BCUT2D eigenvalue weighted by atomic mass is 16.5. The van der Waals surface area contributed by atoms with Crippen molar-refractivity contribution in [2.45, 2.75) is 6.92 Å². The standard InChI is InChI=1S/C27H25N3O5/c1-16(31)28-18-10-12-24(33-2)23(14-18)30-27(32)20-15-22(29-21-8-6-5-7-19(20)21)17-9-11-25(34-3)26(13-17)35-4/h5-15H,1-4H3,(H,28,31)(H,30,32). The van der Waals surface area contributed by atoms with E-state index in [4.69, 9.17) is 19.2 Å². The molecule has 2 amide bonds. The van der Waals surface area contributed by atoms with Gasteiger partial charge < -0.3 is 24.8 Å². The zero-order valence-electron chi connectivity index (χ0n) is 19.8. The number of pyridine rings is 1. The van der Waals surface area contributed by atoms with Gasteiger partial charge in [-0.1, -0.05) is 18.2 Å². The molecule has 4 aromatic rings. The Bertz CT molecular complexity index is 1420. The second kappa shape index (κ2) is 10.1. The maximum absolute atomic E-state index is 13.5. The van der Waals surface area contributed by atoms with Gasteiger partial charge in [0.15, 0.2) is 11.5 Å². The average Bonchev–Trinajstić information content (AvgIpc) is 2.87. The van der Waals surface area contributed by atoms with Crippen molar-refractivity contribution in [2.75, 3.05) is 32.0 Å². The maximum Gasteiger partial charge on any atom is 0.256 e. The van der Waals surface area contributed by atoms with Crippen LogP contribution in [0.25, 0.3) is 22.2 Å². The van der Waals surface area contributed by atoms with Gasteiger partial charge in [0.25, 0.3) is 5.91 Å². The van der Waals surface area contributed by atoms with E-state index in [1.54, 1.807) is 44.6 Å². The molecule has 0 aliphatic carbocycles. The highest BCUT2D eigenvalue weighted by Crippen LogP contribution is 2.34. The van der Waals surface area contributed by atoms with Gasteiger partial charge in [-0.25, -0.2) is 4.98 Å². The number of aromatic nitrogens is 1. The van der Waals surface area contributed by atoms with Gasteiger partial charge >= 0.3 is 0 Å². The van der Waals surface area contributed by atoms with Crippen LogP contribution in [-0.2, 0) is 4.79 Å². The van der Waals surface area contributed by atoms with Gasteiger partial charge in [-0.2, -0.15) is 0 Å². The molecule has 8 nitrogen and oxygen atoms in total. The first-order valence-electron chi connectivity index (χ1n) is 10.8. The lowest BCUT2D eigenvalue weighted by molar-refractivity contribution is -0.114. The summed E-state index contributed by atoms with van der Waals surface area (Å²) in [6, 6.07) is 19.7. The van der Waals surface area contributed by atoms with E-state index in [9.17, 15) is 9.59 Å². The van der Waals surface area contributed by atoms with E-state index in [1.807, 2.05) is 36.4 Å². The number of nitrogens with zero attached hydrogens (tertiary/aromatic N) is 1. The summed E-state index contributed by atoms with van der Waals surface area (Å²) in [4.78, 5) is 29.7. The molecule has 2 N–H and O–H groups in total. The van der Waals surface area contributed by atoms with Crippen molar-refractivity contribution in [3.63, 3.8) is 0 Å². The summed E-state index contributed by atoms with van der Waals surface area (Å²) >= 11 is 0. The number of methoxy groups -OCH3 is 3. The smallest absolute Gasteiger partial charge is 0.256 e. The van der Waals surface area contributed by atoms with Crippen LogP contribution in [-0.4, -0.2) is 38.1 Å². The first-order valence-corrected chi connectivity index (χ1v) is 10.8. The molecule has 0 unspecified atom stereocenters. The first kappa shape index (κ1) is 23.6. The summed E-state index contributed by atoms with van der Waals surface area (Å²) in [5, 5.41) is 6.33. The number of carbonyl (C=O) groups excluding carboxylic acids is 2. The van der Waals surface area contributed by atoms with Crippen LogP contribution in [0.5, 0.6) is 17.2 Å². The van der Waals surface area contributed by atoms with Gasteiger partial charge in [0.1, 0.15) is 5.75 Å². The third kappa shape index (κ3) is 5.01. The minimum Gasteiger partial charge on any atom is -0.495 e. The van der Waals surface area contributed by atoms with Crippen LogP contribution in [0.4, 0.5) is 11.4 Å². The molecule has 0 atom stereocenters. The number of ether oxygens (including phenoxy) is 3. The molecule has 0 bridgehead atoms. The lowest BCUT2D eigenvalue weighted by Crippen LogP contribution is -2.14. The molecule has 0 radical (unpaired) electrons. The van der Waals surface area contributed by atoms with Crippen molar-refractivity contribution in [2.24, 2.45) is 0 Å². The lowest BCUT2D eigenvalue weighted by Gasteiger charge is -2.15. The van der Waals surface area contributed by atoms with Crippen molar-refractivity contribution < 1.29 is 23.8 Å². The summed E-state index contributed by atoms with van der Waals surface area (Å²) in [5.41, 5.74) is 3.45. The number of amides is 2. The summed E-state index contributed by atoms with van der Waals surface area (Å²) in [7, 11) is 4.65. The van der Waals surface area contributed by atoms with Crippen LogP contribution < -0.4 is 24.8 Å². The van der Waals surface area contributed by atoms with Crippen molar-refractivity contribution in [3.05, 3.63) is 72.3 Å². The van der Waals surface area contributed by atoms with Gasteiger partial charge in [-0.05, 0) is 48.5 Å². The highest BCUT2D eigenvalue weighted by molar-refractivity contribution is 6.13. The van der Waals surface area contributed by atoms with Gasteiger partial charge in [0, 0.05) is 23.6 Å². The number of fused-ring (bicyclic) bond motifs is 1. The van der Waals surface area contributed by atoms with Crippen molar-refractivity contribution >= 4 is 34.1 Å². The van der Waals surface area contributed by atoms with Crippen LogP contribution in [0.3, 0.4) is 0 Å². The van der Waals surface area contributed by atoms with E-state index >= 15 is 0 Å². The third-order valence-corrected chi connectivity index (χ3v) is 5.41. The van der Waals surface area contributed by atoms with E-state index in [1.165, 1.54) is 14.0 Å². The van der Waals surface area contributed by atoms with E-state index in [0.29, 0.717) is 50.8 Å². The molecule has 8 heteroatoms. The Kier molecular flexibility index (Phi) is 6.82. The highest BCUT2D eigenvalue weighted by Gasteiger charge is 2.17. The predicted molar refractivity (Wildman–Crippen MR) is 136 cm³/mol. The Labute approximate surface area is 202 Å². The second-order valence-corrected chi connectivity index (χ2v) is 7.69. The fourth-order valence-electron chi connectivity index (χ4n) is 3.78. The molecule has 0 saturated carbocycles. The first-order chi connectivity index (χ1) is 16.9. The van der Waals surface area contributed by atoms with Crippen molar-refractivity contribution in [1.29, 1.82) is 0 Å². The molecular weight excluding hydrogens is 446 g/mol. The van der Waals surface area contributed by atoms with E-state index in [-0.39, 0.29) is 11.8 Å². The molecule has 178 valence electrons. The fraction of sp³-hybridized carbons (Fsp3) is 0.148. The van der Waals surface area contributed by atoms with Gasteiger partial charge in [-0.3, -0.25) is 9.59 Å². The number of nitrogens with one attached hydrogen (secondary N) is 2. The van der Waals surface area contributed by atoms with Gasteiger partial charge in [0.2, 0.25) is 5.91 Å². The van der Waals surface area contributed by atoms with E-state index in [0.717, 1.165) is 5.56 Å². The monoisotopic (exact) mass is 471 g/mol. The number of carbonyl (C=O) groups is 2. The van der Waals surface area contributed by atoms with Gasteiger partial charge in [-0.15, -0.1) is 0 Å². The number of benzene rings is 3. The third-order valence-electron chi connectivity index (χ3n) is 5.41. The molecule has 1 heterocycles. The van der Waals surface area contributed by atoms with E-state index in [2.05, 4.69) is 10.6 Å². The summed E-state index contributed by atoms with van der Waals surface area (Å²) in [5.74, 6) is 1.06. The Morgan fingerprint density at radius 1 is 0.771 bits per heavy atom. The Balaban J connectivity index is 1.78. The van der Waals surface area contributed by atoms with Crippen LogP contribution >= 0.6 is 0 Å². The van der Waals surface area contributed by atoms with Crippen LogP contribution in [0.15, 0.2) is 66.7 Å². The SMILES string of the molecule is COc1ccc(NC(C)=O)cc1NC(=O)c1cc(-c2ccc(OC)c(OC)c2)nc2ccccc12. The quantitative estimate of drug-likeness (QED) is 0.387. The van der Waals surface area contributed by atoms with Gasteiger partial charge in [0.05, 0.1) is 43.8 Å². The molecule has 1 aromatic heterocycles. The summed E-state index contributed by atoms with van der Waals surface area (Å²) in [6.07, 6.45) is 0. The van der Waals surface area contributed by atoms with Crippen LogP contribution in [0.2, 0.25) is 0 Å². The summed E-state index contributed by atoms with van der Waals surface area (Å²) < 4.78 is 16.2. The fourth-order valence-corrected chi connectivity index (χ4v) is 3.78.